The van der Waals surface area contributed by atoms with Crippen molar-refractivity contribution in [1.29, 1.82) is 0 Å². The van der Waals surface area contributed by atoms with Gasteiger partial charge in [-0.2, -0.15) is 0 Å². The molecule has 0 saturated heterocycles. The summed E-state index contributed by atoms with van der Waals surface area (Å²) in [6, 6.07) is 9.87. The highest BCUT2D eigenvalue weighted by Gasteiger charge is 2.30. The molecule has 1 N–H and O–H groups in total. The minimum atomic E-state index is -1.14. The summed E-state index contributed by atoms with van der Waals surface area (Å²) in [5.41, 5.74) is 1.19. The zero-order valence-electron chi connectivity index (χ0n) is 15.3. The lowest BCUT2D eigenvalue weighted by molar-refractivity contribution is -0.385. The molecule has 1 heterocycles. The maximum Gasteiger partial charge on any atom is 0.346 e. The van der Waals surface area contributed by atoms with E-state index >= 15 is 0 Å². The number of carbonyl (C=O) groups is 2. The van der Waals surface area contributed by atoms with Crippen LogP contribution in [-0.2, 0) is 16.1 Å². The van der Waals surface area contributed by atoms with Crippen LogP contribution in [0.15, 0.2) is 36.4 Å². The first-order chi connectivity index (χ1) is 13.3. The van der Waals surface area contributed by atoms with Gasteiger partial charge in [-0.1, -0.05) is 29.8 Å². The Morgan fingerprint density at radius 3 is 2.50 bits per heavy atom. The molecule has 9 nitrogen and oxygen atoms in total. The Morgan fingerprint density at radius 1 is 1.21 bits per heavy atom. The van der Waals surface area contributed by atoms with Gasteiger partial charge in [0.25, 0.3) is 11.6 Å². The monoisotopic (exact) mass is 386 g/mol. The van der Waals surface area contributed by atoms with E-state index in [1.165, 1.54) is 13.0 Å². The lowest BCUT2D eigenvalue weighted by atomic mass is 10.1. The van der Waals surface area contributed by atoms with E-state index in [-0.39, 0.29) is 30.4 Å². The van der Waals surface area contributed by atoms with E-state index in [2.05, 4.69) is 5.32 Å². The van der Waals surface area contributed by atoms with Crippen LogP contribution in [-0.4, -0.2) is 29.7 Å². The number of amides is 1. The fourth-order valence-corrected chi connectivity index (χ4v) is 2.56. The number of esters is 1. The Labute approximate surface area is 160 Å². The second kappa shape index (κ2) is 7.95. The Bertz CT molecular complexity index is 925. The maximum absolute atomic E-state index is 12.4. The highest BCUT2D eigenvalue weighted by atomic mass is 16.7. The van der Waals surface area contributed by atoms with Crippen molar-refractivity contribution >= 4 is 17.6 Å². The number of carbonyl (C=O) groups excluding carboxylic acids is 2. The minimum absolute atomic E-state index is 0.0944. The predicted octanol–water partition coefficient (Wildman–Crippen LogP) is 2.49. The number of aryl methyl sites for hydroxylation is 1. The molecule has 0 saturated carbocycles. The molecule has 0 aromatic heterocycles. The molecule has 3 rings (SSSR count). The third-order valence-corrected chi connectivity index (χ3v) is 4.15. The molecule has 0 bridgehead atoms. The molecule has 1 amide bonds. The summed E-state index contributed by atoms with van der Waals surface area (Å²) in [7, 11) is 0. The largest absolute Gasteiger partial charge is 0.454 e. The Balaban J connectivity index is 1.66. The molecule has 2 aromatic rings. The van der Waals surface area contributed by atoms with Crippen LogP contribution in [0.4, 0.5) is 5.69 Å². The van der Waals surface area contributed by atoms with Crippen molar-refractivity contribution < 1.29 is 28.7 Å². The Kier molecular flexibility index (Phi) is 5.44. The molecule has 1 unspecified atom stereocenters. The molecule has 28 heavy (non-hydrogen) atoms. The maximum atomic E-state index is 12.4. The standard InChI is InChI=1S/C19H18N2O7/c1-11-3-5-13(6-4-11)9-20-18(22)12(2)28-19(23)14-7-16-17(27-10-26-16)8-15(14)21(24)25/h3-8,12H,9-10H2,1-2H3,(H,20,22). The summed E-state index contributed by atoms with van der Waals surface area (Å²) in [6.45, 7) is 3.52. The molecule has 0 spiro atoms. The quantitative estimate of drug-likeness (QED) is 0.460. The van der Waals surface area contributed by atoms with Crippen LogP contribution in [0.3, 0.4) is 0 Å². The number of ether oxygens (including phenoxy) is 3. The third-order valence-electron chi connectivity index (χ3n) is 4.15. The van der Waals surface area contributed by atoms with Crippen LogP contribution in [0.25, 0.3) is 0 Å². The first-order valence-corrected chi connectivity index (χ1v) is 8.47. The first kappa shape index (κ1) is 19.2. The van der Waals surface area contributed by atoms with E-state index in [1.54, 1.807) is 0 Å². The smallest absolute Gasteiger partial charge is 0.346 e. The van der Waals surface area contributed by atoms with Gasteiger partial charge in [0, 0.05) is 12.6 Å². The van der Waals surface area contributed by atoms with Crippen LogP contribution in [0.5, 0.6) is 11.5 Å². The van der Waals surface area contributed by atoms with Crippen molar-refractivity contribution in [2.24, 2.45) is 0 Å². The van der Waals surface area contributed by atoms with E-state index in [4.69, 9.17) is 14.2 Å². The van der Waals surface area contributed by atoms with Crippen LogP contribution in [0, 0.1) is 17.0 Å². The van der Waals surface area contributed by atoms with Crippen molar-refractivity contribution in [2.75, 3.05) is 6.79 Å². The van der Waals surface area contributed by atoms with Gasteiger partial charge in [0.1, 0.15) is 5.56 Å². The summed E-state index contributed by atoms with van der Waals surface area (Å²) >= 11 is 0. The van der Waals surface area contributed by atoms with Crippen molar-refractivity contribution in [3.63, 3.8) is 0 Å². The molecular weight excluding hydrogens is 368 g/mol. The van der Waals surface area contributed by atoms with Crippen LogP contribution >= 0.6 is 0 Å². The minimum Gasteiger partial charge on any atom is -0.454 e. The van der Waals surface area contributed by atoms with E-state index in [0.29, 0.717) is 0 Å². The Hall–Kier alpha value is -3.62. The van der Waals surface area contributed by atoms with Crippen LogP contribution in [0.1, 0.15) is 28.4 Å². The van der Waals surface area contributed by atoms with E-state index in [9.17, 15) is 19.7 Å². The number of nitro benzene ring substituents is 1. The van der Waals surface area contributed by atoms with Gasteiger partial charge in [-0.15, -0.1) is 0 Å². The zero-order chi connectivity index (χ0) is 20.3. The average molecular weight is 386 g/mol. The van der Waals surface area contributed by atoms with E-state index < -0.39 is 28.6 Å². The molecular formula is C19H18N2O7. The van der Waals surface area contributed by atoms with Crippen LogP contribution < -0.4 is 14.8 Å². The van der Waals surface area contributed by atoms with Gasteiger partial charge in [-0.05, 0) is 19.4 Å². The average Bonchev–Trinajstić information content (AvgIpc) is 3.13. The van der Waals surface area contributed by atoms with Gasteiger partial charge < -0.3 is 19.5 Å². The van der Waals surface area contributed by atoms with Gasteiger partial charge in [0.15, 0.2) is 17.6 Å². The molecule has 1 aliphatic heterocycles. The predicted molar refractivity (Wildman–Crippen MR) is 97.1 cm³/mol. The number of fused-ring (bicyclic) bond motifs is 1. The number of hydrogen-bond donors (Lipinski definition) is 1. The van der Waals surface area contributed by atoms with Gasteiger partial charge in [0.2, 0.25) is 6.79 Å². The summed E-state index contributed by atoms with van der Waals surface area (Å²) < 4.78 is 15.3. The zero-order valence-corrected chi connectivity index (χ0v) is 15.3. The van der Waals surface area contributed by atoms with E-state index in [0.717, 1.165) is 17.2 Å². The number of hydrogen-bond acceptors (Lipinski definition) is 7. The molecule has 9 heteroatoms. The lowest BCUT2D eigenvalue weighted by Crippen LogP contribution is -2.35. The molecule has 2 aromatic carbocycles. The molecule has 0 aliphatic carbocycles. The van der Waals surface area contributed by atoms with Crippen LogP contribution in [0.2, 0.25) is 0 Å². The Morgan fingerprint density at radius 2 is 1.86 bits per heavy atom. The van der Waals surface area contributed by atoms with Gasteiger partial charge in [0.05, 0.1) is 11.0 Å². The summed E-state index contributed by atoms with van der Waals surface area (Å²) in [6.07, 6.45) is -1.14. The summed E-state index contributed by atoms with van der Waals surface area (Å²) in [5, 5.41) is 13.9. The number of nitrogens with zero attached hydrogens (tertiary/aromatic N) is 1. The number of nitro groups is 1. The van der Waals surface area contributed by atoms with Crippen molar-refractivity contribution in [1.82, 2.24) is 5.32 Å². The fraction of sp³-hybridized carbons (Fsp3) is 0.263. The molecule has 0 fully saturated rings. The lowest BCUT2D eigenvalue weighted by Gasteiger charge is -2.14. The van der Waals surface area contributed by atoms with Crippen molar-refractivity contribution in [3.8, 4) is 11.5 Å². The van der Waals surface area contributed by atoms with Gasteiger partial charge in [-0.25, -0.2) is 4.79 Å². The molecule has 0 radical (unpaired) electrons. The molecule has 1 atom stereocenters. The van der Waals surface area contributed by atoms with Gasteiger partial charge in [-0.3, -0.25) is 14.9 Å². The number of rotatable bonds is 6. The number of nitrogens with one attached hydrogen (secondary N) is 1. The highest BCUT2D eigenvalue weighted by Crippen LogP contribution is 2.38. The SMILES string of the molecule is Cc1ccc(CNC(=O)C(C)OC(=O)c2cc3c(cc2[N+](=O)[O-])OCO3)cc1. The summed E-state index contributed by atoms with van der Waals surface area (Å²) in [5.74, 6) is -1.14. The second-order valence-corrected chi connectivity index (χ2v) is 6.23. The highest BCUT2D eigenvalue weighted by molar-refractivity contribution is 5.96. The van der Waals surface area contributed by atoms with Gasteiger partial charge >= 0.3 is 5.97 Å². The molecule has 146 valence electrons. The van der Waals surface area contributed by atoms with E-state index in [1.807, 2.05) is 31.2 Å². The first-order valence-electron chi connectivity index (χ1n) is 8.47. The summed E-state index contributed by atoms with van der Waals surface area (Å²) in [4.78, 5) is 35.1. The third kappa shape index (κ3) is 4.20. The molecule has 1 aliphatic rings. The topological polar surface area (TPSA) is 117 Å². The second-order valence-electron chi connectivity index (χ2n) is 6.23. The van der Waals surface area contributed by atoms with Crippen molar-refractivity contribution in [2.45, 2.75) is 26.5 Å². The number of benzene rings is 2. The van der Waals surface area contributed by atoms with Crippen molar-refractivity contribution in [3.05, 3.63) is 63.2 Å². The normalized spacial score (nSPS) is 12.9. The fourth-order valence-electron chi connectivity index (χ4n) is 2.56.